The normalized spacial score (nSPS) is 11.6. The van der Waals surface area contributed by atoms with Crippen LogP contribution in [0.4, 0.5) is 17.1 Å². The number of carbonyl (C=O) groups excluding carboxylic acids is 1. The van der Waals surface area contributed by atoms with Gasteiger partial charge in [0.15, 0.2) is 0 Å². The zero-order valence-electron chi connectivity index (χ0n) is 17.1. The number of benzene rings is 3. The molecule has 168 valence electrons. The minimum absolute atomic E-state index is 0.0361. The van der Waals surface area contributed by atoms with Gasteiger partial charge < -0.3 is 5.32 Å². The van der Waals surface area contributed by atoms with Crippen LogP contribution in [0.5, 0.6) is 0 Å². The van der Waals surface area contributed by atoms with Gasteiger partial charge in [-0.15, -0.1) is 0 Å². The zero-order valence-corrected chi connectivity index (χ0v) is 20.3. The van der Waals surface area contributed by atoms with E-state index in [4.69, 9.17) is 0 Å². The van der Waals surface area contributed by atoms with E-state index in [0.717, 1.165) is 10.7 Å². The molecule has 0 heterocycles. The Hall–Kier alpha value is -2.89. The molecule has 1 amide bonds. The van der Waals surface area contributed by atoms with Crippen LogP contribution in [-0.4, -0.2) is 29.0 Å². The van der Waals surface area contributed by atoms with Gasteiger partial charge in [-0.25, -0.2) is 16.8 Å². The summed E-state index contributed by atoms with van der Waals surface area (Å²) in [5.74, 6) is -0.455. The Morgan fingerprint density at radius 2 is 1.41 bits per heavy atom. The maximum absolute atomic E-state index is 12.7. The molecule has 0 radical (unpaired) electrons. The topological polar surface area (TPSA) is 121 Å². The van der Waals surface area contributed by atoms with E-state index in [2.05, 4.69) is 30.7 Å². The zero-order chi connectivity index (χ0) is 23.5. The first-order valence-corrected chi connectivity index (χ1v) is 13.4. The lowest BCUT2D eigenvalue weighted by Gasteiger charge is -2.13. The van der Waals surface area contributed by atoms with Gasteiger partial charge in [0, 0.05) is 21.4 Å². The van der Waals surface area contributed by atoms with Gasteiger partial charge in [-0.3, -0.25) is 14.2 Å². The van der Waals surface area contributed by atoms with Crippen LogP contribution in [-0.2, 0) is 20.0 Å². The Morgan fingerprint density at radius 3 is 2.00 bits per heavy atom. The summed E-state index contributed by atoms with van der Waals surface area (Å²) in [6, 6.07) is 17.1. The van der Waals surface area contributed by atoms with Crippen LogP contribution < -0.4 is 14.8 Å². The van der Waals surface area contributed by atoms with Gasteiger partial charge in [-0.1, -0.05) is 22.0 Å². The molecule has 0 spiro atoms. The minimum atomic E-state index is -3.80. The van der Waals surface area contributed by atoms with Crippen LogP contribution in [0.25, 0.3) is 0 Å². The van der Waals surface area contributed by atoms with Crippen molar-refractivity contribution in [2.45, 2.75) is 11.8 Å². The summed E-state index contributed by atoms with van der Waals surface area (Å²) in [6.45, 7) is 1.63. The second kappa shape index (κ2) is 9.31. The smallest absolute Gasteiger partial charge is 0.261 e. The first kappa shape index (κ1) is 23.8. The predicted molar refractivity (Wildman–Crippen MR) is 129 cm³/mol. The van der Waals surface area contributed by atoms with Crippen LogP contribution in [0, 0.1) is 6.92 Å². The fraction of sp³-hybridized carbons (Fsp3) is 0.0952. The molecule has 0 aliphatic carbocycles. The van der Waals surface area contributed by atoms with E-state index in [1.54, 1.807) is 49.4 Å². The highest BCUT2D eigenvalue weighted by atomic mass is 79.9. The molecule has 3 N–H and O–H groups in total. The predicted octanol–water partition coefficient (Wildman–Crippen LogP) is 4.18. The van der Waals surface area contributed by atoms with Crippen molar-refractivity contribution in [1.29, 1.82) is 0 Å². The maximum atomic E-state index is 12.7. The number of hydrogen-bond donors (Lipinski definition) is 3. The molecule has 0 aliphatic heterocycles. The third kappa shape index (κ3) is 6.09. The van der Waals surface area contributed by atoms with Crippen molar-refractivity contribution in [3.63, 3.8) is 0 Å². The van der Waals surface area contributed by atoms with Gasteiger partial charge in [-0.05, 0) is 73.2 Å². The SMILES string of the molecule is Cc1c(NS(C)(=O)=O)cccc1C(=O)Nc1ccc(S(=O)(=O)Nc2ccc(Br)cc2)cc1. The average molecular weight is 538 g/mol. The number of sulfonamides is 2. The van der Waals surface area contributed by atoms with Crippen LogP contribution in [0.15, 0.2) is 76.1 Å². The van der Waals surface area contributed by atoms with Crippen LogP contribution in [0.2, 0.25) is 0 Å². The lowest BCUT2D eigenvalue weighted by atomic mass is 10.1. The number of carbonyl (C=O) groups is 1. The molecule has 3 aromatic carbocycles. The van der Waals surface area contributed by atoms with Gasteiger partial charge in [0.25, 0.3) is 15.9 Å². The van der Waals surface area contributed by atoms with Gasteiger partial charge in [0.05, 0.1) is 16.8 Å². The fourth-order valence-electron chi connectivity index (χ4n) is 2.84. The molecule has 0 atom stereocenters. The standard InChI is InChI=1S/C21H20BrN3O5S2/c1-14-19(4-3-5-20(14)25-31(2,27)28)21(26)23-16-10-12-18(13-11-16)32(29,30)24-17-8-6-15(22)7-9-17/h3-13,24-25H,1-2H3,(H,23,26). The van der Waals surface area contributed by atoms with Gasteiger partial charge in [0.2, 0.25) is 10.0 Å². The summed E-state index contributed by atoms with van der Waals surface area (Å²) in [5.41, 5.74) is 1.86. The number of amides is 1. The summed E-state index contributed by atoms with van der Waals surface area (Å²) in [4.78, 5) is 12.7. The highest BCUT2D eigenvalue weighted by molar-refractivity contribution is 9.10. The lowest BCUT2D eigenvalue weighted by molar-refractivity contribution is 0.102. The molecule has 3 rings (SSSR count). The second-order valence-electron chi connectivity index (χ2n) is 6.94. The van der Waals surface area contributed by atoms with Crippen LogP contribution in [0.1, 0.15) is 15.9 Å². The molecule has 11 heteroatoms. The molecule has 0 aliphatic rings. The molecule has 32 heavy (non-hydrogen) atoms. The van der Waals surface area contributed by atoms with E-state index in [1.165, 1.54) is 24.3 Å². The van der Waals surface area contributed by atoms with E-state index >= 15 is 0 Å². The third-order valence-corrected chi connectivity index (χ3v) is 6.91. The number of rotatable bonds is 7. The molecule has 0 fully saturated rings. The number of nitrogens with one attached hydrogen (secondary N) is 3. The van der Waals surface area contributed by atoms with Crippen molar-refractivity contribution in [3.05, 3.63) is 82.3 Å². The molecule has 0 saturated carbocycles. The largest absolute Gasteiger partial charge is 0.322 e. The Balaban J connectivity index is 1.75. The molecule has 3 aromatic rings. The first-order valence-electron chi connectivity index (χ1n) is 9.22. The van der Waals surface area contributed by atoms with Gasteiger partial charge in [0.1, 0.15) is 0 Å². The van der Waals surface area contributed by atoms with Gasteiger partial charge in [-0.2, -0.15) is 0 Å². The Bertz CT molecular complexity index is 1360. The lowest BCUT2D eigenvalue weighted by Crippen LogP contribution is -2.16. The molecule has 8 nitrogen and oxygen atoms in total. The van der Waals surface area contributed by atoms with Crippen LogP contribution >= 0.6 is 15.9 Å². The van der Waals surface area contributed by atoms with Crippen molar-refractivity contribution in [2.24, 2.45) is 0 Å². The summed E-state index contributed by atoms with van der Waals surface area (Å²) < 4.78 is 53.8. The molecule has 0 saturated heterocycles. The summed E-state index contributed by atoms with van der Waals surface area (Å²) in [5, 5.41) is 2.69. The van der Waals surface area contributed by atoms with E-state index in [-0.39, 0.29) is 10.5 Å². The third-order valence-electron chi connectivity index (χ3n) is 4.39. The molecule has 0 unspecified atom stereocenters. The summed E-state index contributed by atoms with van der Waals surface area (Å²) in [6.07, 6.45) is 1.03. The van der Waals surface area contributed by atoms with E-state index in [1.807, 2.05) is 0 Å². The van der Waals surface area contributed by atoms with E-state index < -0.39 is 26.0 Å². The van der Waals surface area contributed by atoms with E-state index in [0.29, 0.717) is 22.6 Å². The number of hydrogen-bond acceptors (Lipinski definition) is 5. The van der Waals surface area contributed by atoms with E-state index in [9.17, 15) is 21.6 Å². The minimum Gasteiger partial charge on any atom is -0.322 e. The number of anilines is 3. The fourth-order valence-corrected chi connectivity index (χ4v) is 4.78. The first-order chi connectivity index (χ1) is 14.9. The maximum Gasteiger partial charge on any atom is 0.261 e. The highest BCUT2D eigenvalue weighted by Gasteiger charge is 2.16. The Kier molecular flexibility index (Phi) is 6.91. The van der Waals surface area contributed by atoms with Crippen molar-refractivity contribution < 1.29 is 21.6 Å². The quantitative estimate of drug-likeness (QED) is 0.417. The van der Waals surface area contributed by atoms with Crippen LogP contribution in [0.3, 0.4) is 0 Å². The van der Waals surface area contributed by atoms with Crippen molar-refractivity contribution in [1.82, 2.24) is 0 Å². The summed E-state index contributed by atoms with van der Waals surface area (Å²) >= 11 is 3.29. The monoisotopic (exact) mass is 537 g/mol. The highest BCUT2D eigenvalue weighted by Crippen LogP contribution is 2.23. The average Bonchev–Trinajstić information content (AvgIpc) is 2.70. The van der Waals surface area contributed by atoms with Crippen molar-refractivity contribution >= 4 is 58.9 Å². The molecular weight excluding hydrogens is 518 g/mol. The number of halogens is 1. The molecule has 0 aromatic heterocycles. The summed E-state index contributed by atoms with van der Waals surface area (Å²) in [7, 11) is -7.29. The molecule has 0 bridgehead atoms. The van der Waals surface area contributed by atoms with Crippen molar-refractivity contribution in [2.75, 3.05) is 21.0 Å². The Morgan fingerprint density at radius 1 is 0.812 bits per heavy atom. The van der Waals surface area contributed by atoms with Gasteiger partial charge >= 0.3 is 0 Å². The van der Waals surface area contributed by atoms with Crippen molar-refractivity contribution in [3.8, 4) is 0 Å². The second-order valence-corrected chi connectivity index (χ2v) is 11.3. The molecular formula is C21H20BrN3O5S2. The Labute approximate surface area is 195 Å².